The van der Waals surface area contributed by atoms with Crippen molar-refractivity contribution in [3.8, 4) is 11.8 Å². The second kappa shape index (κ2) is 6.15. The summed E-state index contributed by atoms with van der Waals surface area (Å²) in [5.41, 5.74) is 1.51. The minimum atomic E-state index is -0.979. The summed E-state index contributed by atoms with van der Waals surface area (Å²) in [5.74, 6) is 0.246. The standard InChI is InChI=1S/C21H19N3O3/c1-21(2)19(25)18(14-9-12(10-22)7-8-17(14)27-21)24-20(26)15-11-23-16-6-4-3-5-13(15)16/h3-9,11,18-19,23,25H,1-2H3,(H,24,26)/t18?,19-/m0/s1. The molecule has 1 amide bonds. The number of aliphatic hydroxyl groups is 1. The van der Waals surface area contributed by atoms with Gasteiger partial charge in [0.25, 0.3) is 5.91 Å². The van der Waals surface area contributed by atoms with Gasteiger partial charge in [-0.2, -0.15) is 5.26 Å². The molecule has 0 radical (unpaired) electrons. The van der Waals surface area contributed by atoms with Crippen molar-refractivity contribution in [1.82, 2.24) is 10.3 Å². The highest BCUT2D eigenvalue weighted by Crippen LogP contribution is 2.40. The van der Waals surface area contributed by atoms with Gasteiger partial charge in [0, 0.05) is 22.7 Å². The smallest absolute Gasteiger partial charge is 0.254 e. The molecular weight excluding hydrogens is 342 g/mol. The van der Waals surface area contributed by atoms with Gasteiger partial charge in [-0.3, -0.25) is 4.79 Å². The highest BCUT2D eigenvalue weighted by atomic mass is 16.5. The number of carbonyl (C=O) groups excluding carboxylic acids is 1. The van der Waals surface area contributed by atoms with Gasteiger partial charge in [0.15, 0.2) is 0 Å². The first-order valence-corrected chi connectivity index (χ1v) is 8.69. The summed E-state index contributed by atoms with van der Waals surface area (Å²) in [6.45, 7) is 3.54. The molecule has 1 aliphatic rings. The third-order valence-corrected chi connectivity index (χ3v) is 5.00. The van der Waals surface area contributed by atoms with Crippen LogP contribution in [0.3, 0.4) is 0 Å². The van der Waals surface area contributed by atoms with Crippen LogP contribution in [-0.4, -0.2) is 27.7 Å². The van der Waals surface area contributed by atoms with Gasteiger partial charge >= 0.3 is 0 Å². The summed E-state index contributed by atoms with van der Waals surface area (Å²) in [6, 6.07) is 13.9. The zero-order chi connectivity index (χ0) is 19.2. The number of hydrogen-bond donors (Lipinski definition) is 3. The minimum Gasteiger partial charge on any atom is -0.485 e. The minimum absolute atomic E-state index is 0.303. The Hall–Kier alpha value is -3.30. The number of hydrogen-bond acceptors (Lipinski definition) is 4. The molecule has 0 saturated carbocycles. The molecule has 0 bridgehead atoms. The van der Waals surface area contributed by atoms with Crippen LogP contribution in [0.25, 0.3) is 10.9 Å². The molecule has 4 rings (SSSR count). The monoisotopic (exact) mass is 361 g/mol. The first-order chi connectivity index (χ1) is 12.9. The molecule has 1 aromatic heterocycles. The Balaban J connectivity index is 1.74. The second-order valence-electron chi connectivity index (χ2n) is 7.21. The fraction of sp³-hybridized carbons (Fsp3) is 0.238. The number of nitrogens with zero attached hydrogens (tertiary/aromatic N) is 1. The van der Waals surface area contributed by atoms with E-state index >= 15 is 0 Å². The van der Waals surface area contributed by atoms with Crippen LogP contribution in [0, 0.1) is 11.3 Å². The molecule has 3 N–H and O–H groups in total. The van der Waals surface area contributed by atoms with Gasteiger partial charge < -0.3 is 20.1 Å². The summed E-state index contributed by atoms with van der Waals surface area (Å²) >= 11 is 0. The van der Waals surface area contributed by atoms with Crippen molar-refractivity contribution in [2.45, 2.75) is 31.6 Å². The summed E-state index contributed by atoms with van der Waals surface area (Å²) in [5, 5.41) is 23.8. The number of rotatable bonds is 2. The van der Waals surface area contributed by atoms with Crippen molar-refractivity contribution < 1.29 is 14.6 Å². The van der Waals surface area contributed by atoms with E-state index < -0.39 is 17.7 Å². The second-order valence-corrected chi connectivity index (χ2v) is 7.21. The van der Waals surface area contributed by atoms with Gasteiger partial charge in [0.1, 0.15) is 17.5 Å². The Labute approximate surface area is 156 Å². The number of para-hydroxylation sites is 1. The Morgan fingerprint density at radius 2 is 2.07 bits per heavy atom. The van der Waals surface area contributed by atoms with E-state index in [9.17, 15) is 15.2 Å². The van der Waals surface area contributed by atoms with Crippen LogP contribution in [0.2, 0.25) is 0 Å². The first-order valence-electron chi connectivity index (χ1n) is 8.69. The van der Waals surface area contributed by atoms with E-state index in [1.807, 2.05) is 24.3 Å². The number of nitriles is 1. The van der Waals surface area contributed by atoms with Crippen LogP contribution >= 0.6 is 0 Å². The first kappa shape index (κ1) is 17.1. The van der Waals surface area contributed by atoms with Crippen molar-refractivity contribution in [1.29, 1.82) is 5.26 Å². The highest BCUT2D eigenvalue weighted by Gasteiger charge is 2.43. The van der Waals surface area contributed by atoms with E-state index in [0.29, 0.717) is 22.4 Å². The molecule has 0 fully saturated rings. The summed E-state index contributed by atoms with van der Waals surface area (Å²) < 4.78 is 5.89. The number of benzene rings is 2. The molecule has 27 heavy (non-hydrogen) atoms. The fourth-order valence-electron chi connectivity index (χ4n) is 3.50. The molecule has 3 aromatic rings. The van der Waals surface area contributed by atoms with Gasteiger partial charge in [0.2, 0.25) is 0 Å². The van der Waals surface area contributed by atoms with E-state index in [2.05, 4.69) is 16.4 Å². The van der Waals surface area contributed by atoms with Crippen LogP contribution in [-0.2, 0) is 0 Å². The van der Waals surface area contributed by atoms with E-state index in [4.69, 9.17) is 4.74 Å². The summed E-state index contributed by atoms with van der Waals surface area (Å²) in [4.78, 5) is 16.0. The molecule has 2 atom stereocenters. The number of H-pyrrole nitrogens is 1. The number of aromatic nitrogens is 1. The zero-order valence-corrected chi connectivity index (χ0v) is 15.0. The molecule has 0 saturated heterocycles. The molecule has 1 aliphatic heterocycles. The van der Waals surface area contributed by atoms with Crippen LogP contribution < -0.4 is 10.1 Å². The Morgan fingerprint density at radius 1 is 1.30 bits per heavy atom. The van der Waals surface area contributed by atoms with Crippen molar-refractivity contribution in [2.75, 3.05) is 0 Å². The number of carbonyl (C=O) groups is 1. The van der Waals surface area contributed by atoms with Gasteiger partial charge in [-0.15, -0.1) is 0 Å². The van der Waals surface area contributed by atoms with Crippen molar-refractivity contribution >= 4 is 16.8 Å². The van der Waals surface area contributed by atoms with E-state index in [1.54, 1.807) is 38.2 Å². The number of aliphatic hydroxyl groups excluding tert-OH is 1. The Bertz CT molecular complexity index is 1080. The number of aromatic amines is 1. The largest absolute Gasteiger partial charge is 0.485 e. The lowest BCUT2D eigenvalue weighted by Gasteiger charge is -2.42. The number of amides is 1. The molecule has 6 heteroatoms. The van der Waals surface area contributed by atoms with Crippen molar-refractivity contribution in [3.05, 3.63) is 65.4 Å². The zero-order valence-electron chi connectivity index (χ0n) is 15.0. The third-order valence-electron chi connectivity index (χ3n) is 5.00. The maximum absolute atomic E-state index is 13.0. The van der Waals surface area contributed by atoms with Gasteiger partial charge in [-0.1, -0.05) is 18.2 Å². The van der Waals surface area contributed by atoms with Crippen LogP contribution in [0.4, 0.5) is 0 Å². The molecule has 0 aliphatic carbocycles. The summed E-state index contributed by atoms with van der Waals surface area (Å²) in [6.07, 6.45) is 0.678. The molecule has 136 valence electrons. The molecule has 6 nitrogen and oxygen atoms in total. The predicted molar refractivity (Wildman–Crippen MR) is 100 cm³/mol. The maximum atomic E-state index is 13.0. The maximum Gasteiger partial charge on any atom is 0.254 e. The van der Waals surface area contributed by atoms with Crippen molar-refractivity contribution in [3.63, 3.8) is 0 Å². The average molecular weight is 361 g/mol. The van der Waals surface area contributed by atoms with Crippen LogP contribution in [0.5, 0.6) is 5.75 Å². The molecular formula is C21H19N3O3. The SMILES string of the molecule is CC1(C)Oc2ccc(C#N)cc2C(NC(=O)c2c[nH]c3ccccc23)[C@@H]1O. The lowest BCUT2D eigenvalue weighted by atomic mass is 9.85. The number of nitrogens with one attached hydrogen (secondary N) is 2. The fourth-order valence-corrected chi connectivity index (χ4v) is 3.50. The Kier molecular flexibility index (Phi) is 3.90. The van der Waals surface area contributed by atoms with Crippen LogP contribution in [0.1, 0.15) is 41.4 Å². The lowest BCUT2D eigenvalue weighted by molar-refractivity contribution is -0.0627. The third kappa shape index (κ3) is 2.82. The normalized spacial score (nSPS) is 20.4. The molecule has 2 aromatic carbocycles. The van der Waals surface area contributed by atoms with Gasteiger partial charge in [-0.25, -0.2) is 0 Å². The highest BCUT2D eigenvalue weighted by molar-refractivity contribution is 6.06. The topological polar surface area (TPSA) is 98.1 Å². The number of fused-ring (bicyclic) bond motifs is 2. The molecule has 1 unspecified atom stereocenters. The Morgan fingerprint density at radius 3 is 2.85 bits per heavy atom. The van der Waals surface area contributed by atoms with Crippen molar-refractivity contribution in [2.24, 2.45) is 0 Å². The lowest BCUT2D eigenvalue weighted by Crippen LogP contribution is -2.53. The van der Waals surface area contributed by atoms with E-state index in [-0.39, 0.29) is 5.91 Å². The summed E-state index contributed by atoms with van der Waals surface area (Å²) in [7, 11) is 0. The molecule has 0 spiro atoms. The van der Waals surface area contributed by atoms with E-state index in [0.717, 1.165) is 10.9 Å². The van der Waals surface area contributed by atoms with Gasteiger partial charge in [0.05, 0.1) is 23.2 Å². The number of ether oxygens (including phenoxy) is 1. The predicted octanol–water partition coefficient (Wildman–Crippen LogP) is 3.04. The van der Waals surface area contributed by atoms with Gasteiger partial charge in [-0.05, 0) is 38.1 Å². The molecule has 2 heterocycles. The van der Waals surface area contributed by atoms with E-state index in [1.165, 1.54) is 0 Å². The average Bonchev–Trinajstić information content (AvgIpc) is 3.09. The quantitative estimate of drug-likeness (QED) is 0.653. The van der Waals surface area contributed by atoms with Crippen LogP contribution in [0.15, 0.2) is 48.7 Å².